The summed E-state index contributed by atoms with van der Waals surface area (Å²) in [7, 11) is 0. The first kappa shape index (κ1) is 7.56. The van der Waals surface area contributed by atoms with Crippen LogP contribution in [0.15, 0.2) is 0 Å². The maximum Gasteiger partial charge on any atom is 0.0597 e. The van der Waals surface area contributed by atoms with Gasteiger partial charge in [-0.05, 0) is 25.8 Å². The third-order valence-electron chi connectivity index (χ3n) is 2.87. The van der Waals surface area contributed by atoms with Gasteiger partial charge in [0.25, 0.3) is 0 Å². The van der Waals surface area contributed by atoms with Crippen molar-refractivity contribution in [3.8, 4) is 0 Å². The zero-order valence-corrected chi connectivity index (χ0v) is 7.18. The molecule has 1 N–H and O–H groups in total. The molecule has 1 atom stereocenters. The minimum atomic E-state index is 0.728. The van der Waals surface area contributed by atoms with Gasteiger partial charge in [0, 0.05) is 13.1 Å². The molecule has 11 heavy (non-hydrogen) atoms. The molecule has 2 aliphatic rings. The minimum absolute atomic E-state index is 0.728. The highest BCUT2D eigenvalue weighted by molar-refractivity contribution is 4.78. The van der Waals surface area contributed by atoms with Gasteiger partial charge in [-0.3, -0.25) is 4.90 Å². The molecule has 0 radical (unpaired) electrons. The summed E-state index contributed by atoms with van der Waals surface area (Å²) >= 11 is 0. The Kier molecular flexibility index (Phi) is 2.44. The van der Waals surface area contributed by atoms with Gasteiger partial charge in [0.1, 0.15) is 0 Å². The van der Waals surface area contributed by atoms with E-state index in [2.05, 4.69) is 10.2 Å². The molecule has 0 aliphatic carbocycles. The van der Waals surface area contributed by atoms with E-state index in [0.29, 0.717) is 0 Å². The molecule has 2 saturated heterocycles. The minimum Gasteiger partial charge on any atom is -0.302 e. The SMILES string of the molecule is C1CCNC(N2CCC2)CC1. The van der Waals surface area contributed by atoms with Crippen molar-refractivity contribution in [2.24, 2.45) is 0 Å². The quantitative estimate of drug-likeness (QED) is 0.610. The normalized spacial score (nSPS) is 34.4. The largest absolute Gasteiger partial charge is 0.302 e. The maximum absolute atomic E-state index is 3.61. The molecule has 0 bridgehead atoms. The summed E-state index contributed by atoms with van der Waals surface area (Å²) in [5, 5.41) is 3.61. The molecule has 2 rings (SSSR count). The van der Waals surface area contributed by atoms with Gasteiger partial charge in [-0.15, -0.1) is 0 Å². The Labute approximate surface area is 69.0 Å². The van der Waals surface area contributed by atoms with Crippen LogP contribution in [0.2, 0.25) is 0 Å². The van der Waals surface area contributed by atoms with Crippen LogP contribution in [0.25, 0.3) is 0 Å². The highest BCUT2D eigenvalue weighted by Crippen LogP contribution is 2.16. The Morgan fingerprint density at radius 2 is 1.91 bits per heavy atom. The molecule has 2 fully saturated rings. The molecule has 0 aromatic heterocycles. The molecule has 0 amide bonds. The van der Waals surface area contributed by atoms with Crippen LogP contribution in [-0.2, 0) is 0 Å². The van der Waals surface area contributed by atoms with Crippen LogP contribution in [0, 0.1) is 0 Å². The molecular formula is C9H18N2. The molecule has 64 valence electrons. The van der Waals surface area contributed by atoms with Crippen molar-refractivity contribution in [1.29, 1.82) is 0 Å². The first-order chi connectivity index (χ1) is 5.47. The number of rotatable bonds is 1. The highest BCUT2D eigenvalue weighted by atomic mass is 15.3. The van der Waals surface area contributed by atoms with Crippen molar-refractivity contribution in [2.45, 2.75) is 38.3 Å². The maximum atomic E-state index is 3.61. The smallest absolute Gasteiger partial charge is 0.0597 e. The summed E-state index contributed by atoms with van der Waals surface area (Å²) < 4.78 is 0. The lowest BCUT2D eigenvalue weighted by Crippen LogP contribution is -2.51. The van der Waals surface area contributed by atoms with Crippen LogP contribution in [0.1, 0.15) is 32.1 Å². The fourth-order valence-corrected chi connectivity index (χ4v) is 1.97. The first-order valence-electron chi connectivity index (χ1n) is 4.94. The van der Waals surface area contributed by atoms with Crippen LogP contribution in [-0.4, -0.2) is 30.7 Å². The van der Waals surface area contributed by atoms with Crippen molar-refractivity contribution < 1.29 is 0 Å². The predicted octanol–water partition coefficient (Wildman–Crippen LogP) is 1.18. The average molecular weight is 154 g/mol. The first-order valence-corrected chi connectivity index (χ1v) is 4.94. The summed E-state index contributed by atoms with van der Waals surface area (Å²) in [6, 6.07) is 0. The summed E-state index contributed by atoms with van der Waals surface area (Å²) in [5.74, 6) is 0. The van der Waals surface area contributed by atoms with Crippen molar-refractivity contribution in [3.63, 3.8) is 0 Å². The lowest BCUT2D eigenvalue weighted by Gasteiger charge is -2.38. The Hall–Kier alpha value is -0.0800. The Morgan fingerprint density at radius 3 is 2.64 bits per heavy atom. The number of nitrogens with one attached hydrogen (secondary N) is 1. The number of nitrogens with zero attached hydrogens (tertiary/aromatic N) is 1. The molecule has 2 aliphatic heterocycles. The second-order valence-corrected chi connectivity index (χ2v) is 3.71. The summed E-state index contributed by atoms with van der Waals surface area (Å²) in [5.41, 5.74) is 0. The lowest BCUT2D eigenvalue weighted by molar-refractivity contribution is 0.0922. The summed E-state index contributed by atoms with van der Waals surface area (Å²) in [6.07, 6.45) is 7.75. The number of likely N-dealkylation sites (tertiary alicyclic amines) is 1. The molecule has 0 spiro atoms. The number of hydrogen-bond donors (Lipinski definition) is 1. The van der Waals surface area contributed by atoms with E-state index in [4.69, 9.17) is 0 Å². The van der Waals surface area contributed by atoms with E-state index in [1.807, 2.05) is 0 Å². The highest BCUT2D eigenvalue weighted by Gasteiger charge is 2.23. The molecule has 1 unspecified atom stereocenters. The van der Waals surface area contributed by atoms with Gasteiger partial charge in [0.05, 0.1) is 6.17 Å². The van der Waals surface area contributed by atoms with Crippen LogP contribution in [0.4, 0.5) is 0 Å². The van der Waals surface area contributed by atoms with Gasteiger partial charge in [-0.2, -0.15) is 0 Å². The molecule has 0 aromatic carbocycles. The van der Waals surface area contributed by atoms with Gasteiger partial charge in [0.15, 0.2) is 0 Å². The molecule has 2 nitrogen and oxygen atoms in total. The molecule has 2 heteroatoms. The van der Waals surface area contributed by atoms with Crippen LogP contribution >= 0.6 is 0 Å². The summed E-state index contributed by atoms with van der Waals surface area (Å²) in [4.78, 5) is 2.57. The fraction of sp³-hybridized carbons (Fsp3) is 1.00. The van der Waals surface area contributed by atoms with Crippen molar-refractivity contribution >= 4 is 0 Å². The lowest BCUT2D eigenvalue weighted by atomic mass is 10.1. The van der Waals surface area contributed by atoms with E-state index in [-0.39, 0.29) is 0 Å². The van der Waals surface area contributed by atoms with Gasteiger partial charge in [-0.25, -0.2) is 0 Å². The van der Waals surface area contributed by atoms with Gasteiger partial charge in [-0.1, -0.05) is 12.8 Å². The third kappa shape index (κ3) is 1.74. The van der Waals surface area contributed by atoms with Gasteiger partial charge < -0.3 is 5.32 Å². The average Bonchev–Trinajstić information content (AvgIpc) is 2.12. The molecule has 0 aromatic rings. The second-order valence-electron chi connectivity index (χ2n) is 3.71. The zero-order valence-electron chi connectivity index (χ0n) is 7.18. The number of hydrogen-bond acceptors (Lipinski definition) is 2. The van der Waals surface area contributed by atoms with E-state index < -0.39 is 0 Å². The van der Waals surface area contributed by atoms with E-state index in [9.17, 15) is 0 Å². The fourth-order valence-electron chi connectivity index (χ4n) is 1.97. The topological polar surface area (TPSA) is 15.3 Å². The van der Waals surface area contributed by atoms with E-state index in [1.54, 1.807) is 0 Å². The van der Waals surface area contributed by atoms with Crippen LogP contribution in [0.3, 0.4) is 0 Å². The summed E-state index contributed by atoms with van der Waals surface area (Å²) in [6.45, 7) is 3.90. The zero-order chi connectivity index (χ0) is 7.52. The standard InChI is InChI=1S/C9H18N2/c1-2-5-9(10-6-3-1)11-7-4-8-11/h9-10H,1-8H2. The van der Waals surface area contributed by atoms with Crippen LogP contribution in [0.5, 0.6) is 0 Å². The van der Waals surface area contributed by atoms with Gasteiger partial charge >= 0.3 is 0 Å². The molecule has 0 saturated carbocycles. The molecule has 2 heterocycles. The second kappa shape index (κ2) is 3.55. The monoisotopic (exact) mass is 154 g/mol. The Bertz CT molecular complexity index is 113. The van der Waals surface area contributed by atoms with E-state index in [0.717, 1.165) is 6.17 Å². The molecular weight excluding hydrogens is 136 g/mol. The van der Waals surface area contributed by atoms with Crippen LogP contribution < -0.4 is 5.32 Å². The van der Waals surface area contributed by atoms with E-state index in [1.165, 1.54) is 51.7 Å². The third-order valence-corrected chi connectivity index (χ3v) is 2.87. The van der Waals surface area contributed by atoms with Gasteiger partial charge in [0.2, 0.25) is 0 Å². The van der Waals surface area contributed by atoms with Crippen molar-refractivity contribution in [3.05, 3.63) is 0 Å². The Balaban J connectivity index is 1.80. The van der Waals surface area contributed by atoms with E-state index >= 15 is 0 Å². The predicted molar refractivity (Wildman–Crippen MR) is 46.4 cm³/mol. The Morgan fingerprint density at radius 1 is 1.00 bits per heavy atom. The van der Waals surface area contributed by atoms with Crippen molar-refractivity contribution in [2.75, 3.05) is 19.6 Å². The van der Waals surface area contributed by atoms with Crippen molar-refractivity contribution in [1.82, 2.24) is 10.2 Å².